The average molecular weight is 302 g/mol. The fourth-order valence-corrected chi connectivity index (χ4v) is 1.91. The lowest BCUT2D eigenvalue weighted by atomic mass is 10.1. The van der Waals surface area contributed by atoms with Crippen LogP contribution in [0.1, 0.15) is 64.7 Å². The van der Waals surface area contributed by atoms with E-state index in [1.54, 1.807) is 6.08 Å². The van der Waals surface area contributed by atoms with Crippen molar-refractivity contribution in [3.63, 3.8) is 0 Å². The lowest BCUT2D eigenvalue weighted by Crippen LogP contribution is -1.88. The van der Waals surface area contributed by atoms with Gasteiger partial charge in [-0.3, -0.25) is 4.79 Å². The van der Waals surface area contributed by atoms with Gasteiger partial charge in [0.25, 0.3) is 0 Å². The van der Waals surface area contributed by atoms with Crippen LogP contribution in [0.5, 0.6) is 0 Å². The van der Waals surface area contributed by atoms with Crippen LogP contribution in [0.2, 0.25) is 0 Å². The van der Waals surface area contributed by atoms with E-state index in [9.17, 15) is 4.79 Å². The summed E-state index contributed by atoms with van der Waals surface area (Å²) in [4.78, 5) is 10.2. The van der Waals surface area contributed by atoms with Gasteiger partial charge >= 0.3 is 5.97 Å². The number of hydrogen-bond donors (Lipinski definition) is 1. The summed E-state index contributed by atoms with van der Waals surface area (Å²) < 4.78 is 0. The molecular formula is C20H30O2. The molecule has 0 rings (SSSR count). The van der Waals surface area contributed by atoms with Gasteiger partial charge in [0.15, 0.2) is 0 Å². The van der Waals surface area contributed by atoms with Crippen molar-refractivity contribution in [1.29, 1.82) is 0 Å². The number of unbranched alkanes of at least 4 members (excludes halogenated alkanes) is 7. The molecule has 0 unspecified atom stereocenters. The summed E-state index contributed by atoms with van der Waals surface area (Å²) in [7, 11) is 0. The second kappa shape index (κ2) is 17.3. The zero-order valence-corrected chi connectivity index (χ0v) is 13.8. The Bertz CT molecular complexity index is 407. The van der Waals surface area contributed by atoms with Crippen LogP contribution in [0.15, 0.2) is 54.3 Å². The van der Waals surface area contributed by atoms with Crippen LogP contribution in [0.25, 0.3) is 0 Å². The van der Waals surface area contributed by atoms with Gasteiger partial charge in [0, 0.05) is 0 Å². The third-order valence-electron chi connectivity index (χ3n) is 3.14. The molecule has 0 fully saturated rings. The molecule has 0 aromatic carbocycles. The van der Waals surface area contributed by atoms with Gasteiger partial charge < -0.3 is 5.11 Å². The summed E-state index contributed by atoms with van der Waals surface area (Å²) >= 11 is 0. The molecule has 0 bridgehead atoms. The summed E-state index contributed by atoms with van der Waals surface area (Å²) in [6, 6.07) is 0. The molecule has 0 spiro atoms. The maximum absolute atomic E-state index is 10.2. The molecule has 0 radical (unpaired) electrons. The molecule has 0 aromatic heterocycles. The minimum absolute atomic E-state index is 0.0154. The fraction of sp³-hybridized carbons (Fsp3) is 0.500. The molecule has 0 atom stereocenters. The number of carbonyl (C=O) groups is 1. The lowest BCUT2D eigenvalue weighted by Gasteiger charge is -1.98. The van der Waals surface area contributed by atoms with Crippen LogP contribution >= 0.6 is 0 Å². The minimum atomic E-state index is -0.837. The van der Waals surface area contributed by atoms with E-state index in [0.29, 0.717) is 0 Å². The SMILES string of the molecule is CCCCCCCCC/C=C/C=C/C=C/C=C=CCC(=O)O. The third-order valence-corrected chi connectivity index (χ3v) is 3.14. The Kier molecular flexibility index (Phi) is 15.9. The van der Waals surface area contributed by atoms with E-state index >= 15 is 0 Å². The molecule has 1 N–H and O–H groups in total. The zero-order valence-electron chi connectivity index (χ0n) is 13.8. The summed E-state index contributed by atoms with van der Waals surface area (Å²) in [5.41, 5.74) is 2.79. The van der Waals surface area contributed by atoms with Gasteiger partial charge in [-0.25, -0.2) is 0 Å². The summed E-state index contributed by atoms with van der Waals surface area (Å²) in [6.07, 6.45) is 25.8. The van der Waals surface area contributed by atoms with Gasteiger partial charge in [-0.15, -0.1) is 5.73 Å². The van der Waals surface area contributed by atoms with E-state index in [-0.39, 0.29) is 6.42 Å². The number of hydrogen-bond acceptors (Lipinski definition) is 1. The Labute approximate surface area is 135 Å². The quantitative estimate of drug-likeness (QED) is 0.258. The van der Waals surface area contributed by atoms with Crippen molar-refractivity contribution >= 4 is 5.97 Å². The maximum Gasteiger partial charge on any atom is 0.307 e. The van der Waals surface area contributed by atoms with E-state index in [4.69, 9.17) is 5.11 Å². The van der Waals surface area contributed by atoms with Crippen LogP contribution in [0.3, 0.4) is 0 Å². The van der Waals surface area contributed by atoms with Crippen molar-refractivity contribution in [2.24, 2.45) is 0 Å². The van der Waals surface area contributed by atoms with E-state index in [1.165, 1.54) is 51.0 Å². The van der Waals surface area contributed by atoms with Gasteiger partial charge in [0.1, 0.15) is 0 Å². The van der Waals surface area contributed by atoms with Crippen LogP contribution in [0.4, 0.5) is 0 Å². The van der Waals surface area contributed by atoms with Crippen LogP contribution in [-0.2, 0) is 4.79 Å². The molecule has 0 aliphatic rings. The van der Waals surface area contributed by atoms with Gasteiger partial charge in [-0.05, 0) is 25.0 Å². The number of carboxylic acids is 1. The van der Waals surface area contributed by atoms with Crippen molar-refractivity contribution in [3.8, 4) is 0 Å². The molecule has 0 saturated carbocycles. The predicted molar refractivity (Wildman–Crippen MR) is 94.9 cm³/mol. The first-order valence-corrected chi connectivity index (χ1v) is 8.38. The van der Waals surface area contributed by atoms with E-state index < -0.39 is 5.97 Å². The van der Waals surface area contributed by atoms with E-state index in [0.717, 1.165) is 6.42 Å². The standard InChI is InChI=1S/C20H30O2/c1-2-3-4-5-6-7-8-9-10-11-12-13-14-15-16-17-18-19-20(21)22/h10-16,18H,2-9,19H2,1H3,(H,21,22)/b11-10+,13-12+,15-14+. The summed E-state index contributed by atoms with van der Waals surface area (Å²) in [6.45, 7) is 2.25. The molecule has 2 nitrogen and oxygen atoms in total. The van der Waals surface area contributed by atoms with Crippen molar-refractivity contribution in [2.75, 3.05) is 0 Å². The molecule has 0 aliphatic carbocycles. The minimum Gasteiger partial charge on any atom is -0.481 e. The van der Waals surface area contributed by atoms with Gasteiger partial charge in [-0.1, -0.05) is 81.9 Å². The highest BCUT2D eigenvalue weighted by Gasteiger charge is 1.88. The van der Waals surface area contributed by atoms with Crippen LogP contribution in [-0.4, -0.2) is 11.1 Å². The van der Waals surface area contributed by atoms with Crippen molar-refractivity contribution in [1.82, 2.24) is 0 Å². The van der Waals surface area contributed by atoms with Crippen molar-refractivity contribution in [2.45, 2.75) is 64.7 Å². The predicted octanol–water partition coefficient (Wildman–Crippen LogP) is 5.98. The molecule has 0 heterocycles. The largest absolute Gasteiger partial charge is 0.481 e. The van der Waals surface area contributed by atoms with Gasteiger partial charge in [0.2, 0.25) is 0 Å². The highest BCUT2D eigenvalue weighted by atomic mass is 16.4. The molecule has 0 aromatic rings. The highest BCUT2D eigenvalue weighted by Crippen LogP contribution is 2.08. The molecule has 0 amide bonds. The third kappa shape index (κ3) is 18.2. The summed E-state index contributed by atoms with van der Waals surface area (Å²) in [5, 5.41) is 8.42. The van der Waals surface area contributed by atoms with Gasteiger partial charge in [-0.2, -0.15) is 0 Å². The maximum atomic E-state index is 10.2. The van der Waals surface area contributed by atoms with E-state index in [1.807, 2.05) is 24.3 Å². The van der Waals surface area contributed by atoms with Crippen molar-refractivity contribution in [3.05, 3.63) is 54.3 Å². The molecule has 0 saturated heterocycles. The van der Waals surface area contributed by atoms with Crippen LogP contribution < -0.4 is 0 Å². The first-order chi connectivity index (χ1) is 10.8. The first kappa shape index (κ1) is 20.2. The molecule has 0 aliphatic heterocycles. The van der Waals surface area contributed by atoms with Crippen molar-refractivity contribution < 1.29 is 9.90 Å². The molecule has 122 valence electrons. The Morgan fingerprint density at radius 1 is 0.909 bits per heavy atom. The fourth-order valence-electron chi connectivity index (χ4n) is 1.91. The Morgan fingerprint density at radius 2 is 1.55 bits per heavy atom. The van der Waals surface area contributed by atoms with Gasteiger partial charge in [0.05, 0.1) is 6.42 Å². The highest BCUT2D eigenvalue weighted by molar-refractivity contribution is 5.68. The monoisotopic (exact) mass is 302 g/mol. The summed E-state index contributed by atoms with van der Waals surface area (Å²) in [5.74, 6) is -0.837. The molecule has 2 heteroatoms. The number of allylic oxidation sites excluding steroid dienone is 6. The Balaban J connectivity index is 3.52. The first-order valence-electron chi connectivity index (χ1n) is 8.38. The molecular weight excluding hydrogens is 272 g/mol. The lowest BCUT2D eigenvalue weighted by molar-refractivity contribution is -0.135. The number of aliphatic carboxylic acids is 1. The molecule has 22 heavy (non-hydrogen) atoms. The number of carboxylic acid groups (broad SMARTS) is 1. The normalized spacial score (nSPS) is 11.3. The second-order valence-electron chi connectivity index (χ2n) is 5.24. The van der Waals surface area contributed by atoms with Crippen LogP contribution in [0, 0.1) is 0 Å². The smallest absolute Gasteiger partial charge is 0.307 e. The Hall–Kier alpha value is -1.79. The Morgan fingerprint density at radius 3 is 2.27 bits per heavy atom. The van der Waals surface area contributed by atoms with E-state index in [2.05, 4.69) is 24.8 Å². The average Bonchev–Trinajstić information content (AvgIpc) is 2.50. The second-order valence-corrected chi connectivity index (χ2v) is 5.24. The zero-order chi connectivity index (χ0) is 16.3. The number of rotatable bonds is 13. The topological polar surface area (TPSA) is 37.3 Å².